The van der Waals surface area contributed by atoms with Gasteiger partial charge in [-0.05, 0) is 31.0 Å². The second-order valence-electron chi connectivity index (χ2n) is 5.50. The summed E-state index contributed by atoms with van der Waals surface area (Å²) in [6, 6.07) is 11.7. The Bertz CT molecular complexity index is 664. The molecule has 1 aromatic carbocycles. The van der Waals surface area contributed by atoms with E-state index >= 15 is 0 Å². The first-order chi connectivity index (χ1) is 9.67. The molecular formula is C16H17N3O. The molecule has 0 aliphatic heterocycles. The smallest absolute Gasteiger partial charge is 0.252 e. The highest BCUT2D eigenvalue weighted by atomic mass is 16.1. The maximum absolute atomic E-state index is 12.1. The van der Waals surface area contributed by atoms with Crippen molar-refractivity contribution in [1.82, 2.24) is 9.78 Å². The number of carbonyl (C=O) groups is 1. The summed E-state index contributed by atoms with van der Waals surface area (Å²) < 4.78 is 1.76. The van der Waals surface area contributed by atoms with Gasteiger partial charge in [0.05, 0.1) is 17.2 Å². The maximum Gasteiger partial charge on any atom is 0.252 e. The molecule has 0 radical (unpaired) electrons. The number of aromatic nitrogens is 2. The number of para-hydroxylation sites is 1. The van der Waals surface area contributed by atoms with Crippen LogP contribution in [-0.4, -0.2) is 15.7 Å². The van der Waals surface area contributed by atoms with Crippen molar-refractivity contribution in [1.29, 1.82) is 0 Å². The van der Waals surface area contributed by atoms with E-state index in [2.05, 4.69) is 10.1 Å². The van der Waals surface area contributed by atoms with E-state index in [1.807, 2.05) is 49.5 Å². The molecule has 1 aliphatic rings. The number of rotatable bonds is 2. The summed E-state index contributed by atoms with van der Waals surface area (Å²) in [4.78, 5) is 16.2. The van der Waals surface area contributed by atoms with Crippen molar-refractivity contribution >= 4 is 5.91 Å². The first kappa shape index (κ1) is 12.8. The summed E-state index contributed by atoms with van der Waals surface area (Å²) in [6.07, 6.45) is 6.47. The molecule has 0 saturated heterocycles. The Labute approximate surface area is 117 Å². The van der Waals surface area contributed by atoms with Crippen LogP contribution in [-0.2, 0) is 4.79 Å². The molecular weight excluding hydrogens is 250 g/mol. The minimum absolute atomic E-state index is 0.0250. The van der Waals surface area contributed by atoms with Crippen molar-refractivity contribution in [2.45, 2.75) is 26.2 Å². The van der Waals surface area contributed by atoms with Gasteiger partial charge < -0.3 is 0 Å². The molecule has 0 bridgehead atoms. The highest BCUT2D eigenvalue weighted by molar-refractivity contribution is 5.83. The molecule has 3 rings (SSSR count). The second kappa shape index (κ2) is 5.04. The molecule has 1 fully saturated rings. The van der Waals surface area contributed by atoms with E-state index in [0.29, 0.717) is 5.36 Å². The number of benzene rings is 1. The lowest BCUT2D eigenvalue weighted by Crippen LogP contribution is -2.34. The van der Waals surface area contributed by atoms with Gasteiger partial charge in [0, 0.05) is 11.6 Å². The Morgan fingerprint density at radius 3 is 2.55 bits per heavy atom. The first-order valence-electron chi connectivity index (χ1n) is 6.87. The van der Waals surface area contributed by atoms with Gasteiger partial charge in [0.15, 0.2) is 0 Å². The number of amides is 1. The second-order valence-corrected chi connectivity index (χ2v) is 5.50. The number of nitrogens with zero attached hydrogens (tertiary/aromatic N) is 3. The van der Waals surface area contributed by atoms with Gasteiger partial charge in [0.25, 0.3) is 5.91 Å². The number of hydrogen-bond donors (Lipinski definition) is 0. The number of hydrogen-bond acceptors (Lipinski definition) is 2. The Balaban J connectivity index is 1.85. The topological polar surface area (TPSA) is 47.2 Å². The van der Waals surface area contributed by atoms with Gasteiger partial charge in [-0.25, -0.2) is 9.67 Å². The van der Waals surface area contributed by atoms with Gasteiger partial charge in [-0.3, -0.25) is 4.79 Å². The van der Waals surface area contributed by atoms with Gasteiger partial charge in [-0.2, -0.15) is 5.10 Å². The Morgan fingerprint density at radius 1 is 1.25 bits per heavy atom. The molecule has 1 heterocycles. The summed E-state index contributed by atoms with van der Waals surface area (Å²) in [7, 11) is 0. The van der Waals surface area contributed by atoms with Crippen LogP contribution in [0.1, 0.15) is 26.2 Å². The van der Waals surface area contributed by atoms with Crippen LogP contribution in [0.15, 0.2) is 53.8 Å². The van der Waals surface area contributed by atoms with Crippen molar-refractivity contribution in [2.75, 3.05) is 0 Å². The van der Waals surface area contributed by atoms with E-state index in [0.717, 1.165) is 24.9 Å². The van der Waals surface area contributed by atoms with Crippen LogP contribution >= 0.6 is 0 Å². The fourth-order valence-electron chi connectivity index (χ4n) is 2.32. The summed E-state index contributed by atoms with van der Waals surface area (Å²) >= 11 is 0. The van der Waals surface area contributed by atoms with Crippen LogP contribution in [0, 0.1) is 5.41 Å². The average molecular weight is 267 g/mol. The van der Waals surface area contributed by atoms with E-state index in [-0.39, 0.29) is 11.3 Å². The van der Waals surface area contributed by atoms with E-state index in [1.165, 1.54) is 0 Å². The lowest BCUT2D eigenvalue weighted by Gasteiger charge is -2.34. The average Bonchev–Trinajstić information content (AvgIpc) is 2.46. The van der Waals surface area contributed by atoms with Crippen molar-refractivity contribution in [2.24, 2.45) is 10.4 Å². The van der Waals surface area contributed by atoms with Crippen LogP contribution in [0.3, 0.4) is 0 Å². The monoisotopic (exact) mass is 267 g/mol. The fourth-order valence-corrected chi connectivity index (χ4v) is 2.32. The predicted molar refractivity (Wildman–Crippen MR) is 76.1 cm³/mol. The maximum atomic E-state index is 12.1. The molecule has 0 spiro atoms. The standard InChI is InChI=1S/C16H17N3O/c1-16(9-5-10-16)15(20)18-13-8-11-19(17-12-13)14-6-3-2-4-7-14/h2-4,6-8,11-12H,5,9-10H2,1H3. The van der Waals surface area contributed by atoms with Gasteiger partial charge in [-0.15, -0.1) is 0 Å². The normalized spacial score (nSPS) is 17.6. The third-order valence-corrected chi connectivity index (χ3v) is 3.93. The lowest BCUT2D eigenvalue weighted by atomic mass is 9.70. The quantitative estimate of drug-likeness (QED) is 0.839. The molecule has 4 heteroatoms. The lowest BCUT2D eigenvalue weighted by molar-refractivity contribution is -0.131. The summed E-state index contributed by atoms with van der Waals surface area (Å²) in [5, 5.41) is 4.92. The van der Waals surface area contributed by atoms with Crippen LogP contribution in [0.2, 0.25) is 0 Å². The predicted octanol–water partition coefficient (Wildman–Crippen LogP) is 2.49. The molecule has 0 atom stereocenters. The minimum atomic E-state index is -0.245. The Kier molecular flexibility index (Phi) is 3.22. The Morgan fingerprint density at radius 2 is 2.00 bits per heavy atom. The molecule has 1 aromatic heterocycles. The molecule has 1 saturated carbocycles. The third kappa shape index (κ3) is 2.41. The zero-order valence-electron chi connectivity index (χ0n) is 11.5. The molecule has 0 unspecified atom stereocenters. The van der Waals surface area contributed by atoms with E-state index in [4.69, 9.17) is 0 Å². The molecule has 102 valence electrons. The van der Waals surface area contributed by atoms with Crippen LogP contribution in [0.25, 0.3) is 5.69 Å². The highest BCUT2D eigenvalue weighted by Crippen LogP contribution is 2.41. The fraction of sp³-hybridized carbons (Fsp3) is 0.312. The van der Waals surface area contributed by atoms with Gasteiger partial charge in [0.2, 0.25) is 0 Å². The third-order valence-electron chi connectivity index (χ3n) is 3.93. The van der Waals surface area contributed by atoms with E-state index in [9.17, 15) is 4.79 Å². The summed E-state index contributed by atoms with van der Waals surface area (Å²) in [5.41, 5.74) is 0.738. The largest absolute Gasteiger partial charge is 0.272 e. The molecule has 4 nitrogen and oxygen atoms in total. The molecule has 0 N–H and O–H groups in total. The summed E-state index contributed by atoms with van der Waals surface area (Å²) in [6.45, 7) is 1.99. The van der Waals surface area contributed by atoms with Crippen molar-refractivity contribution < 1.29 is 4.79 Å². The van der Waals surface area contributed by atoms with Crippen molar-refractivity contribution in [3.8, 4) is 5.69 Å². The van der Waals surface area contributed by atoms with Gasteiger partial charge in [-0.1, -0.05) is 31.5 Å². The molecule has 2 aromatic rings. The van der Waals surface area contributed by atoms with Gasteiger partial charge in [0.1, 0.15) is 0 Å². The van der Waals surface area contributed by atoms with Crippen molar-refractivity contribution in [3.05, 3.63) is 54.1 Å². The zero-order valence-corrected chi connectivity index (χ0v) is 11.5. The number of carbonyl (C=O) groups excluding carboxylic acids is 1. The van der Waals surface area contributed by atoms with Crippen molar-refractivity contribution in [3.63, 3.8) is 0 Å². The van der Waals surface area contributed by atoms with E-state index in [1.54, 1.807) is 10.9 Å². The van der Waals surface area contributed by atoms with Crippen LogP contribution in [0.5, 0.6) is 0 Å². The van der Waals surface area contributed by atoms with Crippen LogP contribution < -0.4 is 5.36 Å². The van der Waals surface area contributed by atoms with Gasteiger partial charge >= 0.3 is 0 Å². The molecule has 1 amide bonds. The van der Waals surface area contributed by atoms with Crippen LogP contribution in [0.4, 0.5) is 0 Å². The summed E-state index contributed by atoms with van der Waals surface area (Å²) in [5.74, 6) is -0.0250. The zero-order chi connectivity index (χ0) is 14.0. The molecule has 1 aliphatic carbocycles. The highest BCUT2D eigenvalue weighted by Gasteiger charge is 2.38. The minimum Gasteiger partial charge on any atom is -0.272 e. The SMILES string of the molecule is CC1(C(=O)N=c2ccn(-c3ccccc3)nc2)CCC1. The Hall–Kier alpha value is -2.23. The van der Waals surface area contributed by atoms with E-state index < -0.39 is 0 Å². The first-order valence-corrected chi connectivity index (χ1v) is 6.87. The molecule has 20 heavy (non-hydrogen) atoms.